The van der Waals surface area contributed by atoms with Crippen molar-refractivity contribution in [2.24, 2.45) is 0 Å². The minimum Gasteiger partial charge on any atom is -0.334 e. The van der Waals surface area contributed by atoms with Gasteiger partial charge < -0.3 is 4.90 Å². The second kappa shape index (κ2) is 12.6. The van der Waals surface area contributed by atoms with Gasteiger partial charge in [0.15, 0.2) is 0 Å². The molecule has 0 radical (unpaired) electrons. The number of sulfonamides is 1. The van der Waals surface area contributed by atoms with Crippen molar-refractivity contribution in [3.63, 3.8) is 0 Å². The van der Waals surface area contributed by atoms with Gasteiger partial charge in [-0.1, -0.05) is 63.2 Å². The van der Waals surface area contributed by atoms with Crippen LogP contribution in [0.15, 0.2) is 78.0 Å². The molecule has 35 heavy (non-hydrogen) atoms. The van der Waals surface area contributed by atoms with Crippen LogP contribution < -0.4 is 0 Å². The van der Waals surface area contributed by atoms with Crippen LogP contribution in [0.25, 0.3) is 0 Å². The predicted octanol–water partition coefficient (Wildman–Crippen LogP) is 4.84. The molecule has 0 aliphatic rings. The number of hydrogen-bond donors (Lipinski definition) is 0. The van der Waals surface area contributed by atoms with Crippen LogP contribution in [-0.2, 0) is 40.7 Å². The summed E-state index contributed by atoms with van der Waals surface area (Å²) < 4.78 is 26.9. The first-order chi connectivity index (χ1) is 16.9. The molecule has 0 N–H and O–H groups in total. The van der Waals surface area contributed by atoms with E-state index in [4.69, 9.17) is 0 Å². The van der Waals surface area contributed by atoms with E-state index in [2.05, 4.69) is 36.2 Å². The molecule has 0 unspecified atom stereocenters. The number of nitrogens with zero attached hydrogens (tertiary/aromatic N) is 3. The maximum atomic E-state index is 13.2. The Hall–Kier alpha value is -3.03. The molecule has 0 spiro atoms. The van der Waals surface area contributed by atoms with Crippen molar-refractivity contribution in [1.82, 2.24) is 14.2 Å². The Morgan fingerprint density at radius 3 is 1.97 bits per heavy atom. The Morgan fingerprint density at radius 1 is 0.800 bits per heavy atom. The third-order valence-corrected chi connectivity index (χ3v) is 8.21. The van der Waals surface area contributed by atoms with Gasteiger partial charge in [-0.3, -0.25) is 9.78 Å². The number of aromatic nitrogens is 1. The Labute approximate surface area is 209 Å². The van der Waals surface area contributed by atoms with E-state index in [9.17, 15) is 13.2 Å². The largest absolute Gasteiger partial charge is 0.334 e. The Balaban J connectivity index is 1.69. The van der Waals surface area contributed by atoms with Crippen molar-refractivity contribution < 1.29 is 13.2 Å². The molecule has 0 atom stereocenters. The van der Waals surface area contributed by atoms with Crippen LogP contribution >= 0.6 is 0 Å². The van der Waals surface area contributed by atoms with E-state index in [1.54, 1.807) is 36.7 Å². The molecular formula is C28H35N3O3S. The Kier molecular flexibility index (Phi) is 9.57. The molecule has 0 fully saturated rings. The van der Waals surface area contributed by atoms with Crippen molar-refractivity contribution in [3.05, 3.63) is 95.3 Å². The highest BCUT2D eigenvalue weighted by atomic mass is 32.2. The van der Waals surface area contributed by atoms with Crippen LogP contribution in [-0.4, -0.2) is 41.6 Å². The maximum Gasteiger partial charge on any atom is 0.243 e. The van der Waals surface area contributed by atoms with Gasteiger partial charge in [0.1, 0.15) is 0 Å². The first kappa shape index (κ1) is 26.6. The zero-order valence-electron chi connectivity index (χ0n) is 20.9. The minimum atomic E-state index is -3.48. The van der Waals surface area contributed by atoms with Gasteiger partial charge in [-0.05, 0) is 53.3 Å². The molecule has 1 heterocycles. The summed E-state index contributed by atoms with van der Waals surface area (Å²) >= 11 is 0. The van der Waals surface area contributed by atoms with Crippen LogP contribution in [0, 0.1) is 0 Å². The topological polar surface area (TPSA) is 70.6 Å². The molecule has 186 valence electrons. The van der Waals surface area contributed by atoms with Crippen LogP contribution in [0.5, 0.6) is 0 Å². The molecule has 7 heteroatoms. The van der Waals surface area contributed by atoms with Crippen LogP contribution in [0.2, 0.25) is 0 Å². The van der Waals surface area contributed by atoms with Crippen LogP contribution in [0.1, 0.15) is 49.4 Å². The van der Waals surface area contributed by atoms with Gasteiger partial charge in [0, 0.05) is 45.0 Å². The standard InChI is InChI=1S/C28H35N3O3S/c1-4-23-9-11-25(12-10-23)21-30(22-26-8-7-19-29-20-26)28(32)18-15-24-13-16-27(17-14-24)35(33,34)31(5-2)6-3/h7-14,16-17,19-20H,4-6,15,18,21-22H2,1-3H3. The molecule has 2 aromatic carbocycles. The zero-order chi connectivity index (χ0) is 25.3. The Morgan fingerprint density at radius 2 is 1.40 bits per heavy atom. The predicted molar refractivity (Wildman–Crippen MR) is 139 cm³/mol. The SMILES string of the molecule is CCc1ccc(CN(Cc2cccnc2)C(=O)CCc2ccc(S(=O)(=O)N(CC)CC)cc2)cc1. The number of hydrogen-bond acceptors (Lipinski definition) is 4. The van der Waals surface area contributed by atoms with E-state index in [0.29, 0.717) is 39.0 Å². The van der Waals surface area contributed by atoms with Crippen molar-refractivity contribution in [3.8, 4) is 0 Å². The molecule has 3 aromatic rings. The molecule has 0 aliphatic carbocycles. The fraction of sp³-hybridized carbons (Fsp3) is 0.357. The average Bonchev–Trinajstić information content (AvgIpc) is 2.88. The van der Waals surface area contributed by atoms with Gasteiger partial charge in [0.25, 0.3) is 0 Å². The molecule has 3 rings (SSSR count). The summed E-state index contributed by atoms with van der Waals surface area (Å²) in [5.74, 6) is 0.0493. The van der Waals surface area contributed by atoms with Gasteiger partial charge in [-0.25, -0.2) is 8.42 Å². The Bertz CT molecular complexity index is 1170. The van der Waals surface area contributed by atoms with Crippen molar-refractivity contribution >= 4 is 15.9 Å². The first-order valence-electron chi connectivity index (χ1n) is 12.2. The number of amides is 1. The van der Waals surface area contributed by atoms with E-state index >= 15 is 0 Å². The highest BCUT2D eigenvalue weighted by molar-refractivity contribution is 7.89. The maximum absolute atomic E-state index is 13.2. The molecule has 1 aromatic heterocycles. The van der Waals surface area contributed by atoms with Gasteiger partial charge in [-0.15, -0.1) is 0 Å². The van der Waals surface area contributed by atoms with Gasteiger partial charge in [-0.2, -0.15) is 4.31 Å². The number of carbonyl (C=O) groups is 1. The summed E-state index contributed by atoms with van der Waals surface area (Å²) in [6.45, 7) is 7.67. The lowest BCUT2D eigenvalue weighted by atomic mass is 10.1. The summed E-state index contributed by atoms with van der Waals surface area (Å²) in [5.41, 5.74) is 4.28. The van der Waals surface area contributed by atoms with Crippen molar-refractivity contribution in [2.45, 2.75) is 58.0 Å². The summed E-state index contributed by atoms with van der Waals surface area (Å²) in [5, 5.41) is 0. The molecule has 0 saturated carbocycles. The minimum absolute atomic E-state index is 0.0493. The molecule has 0 saturated heterocycles. The van der Waals surface area contributed by atoms with Crippen molar-refractivity contribution in [1.29, 1.82) is 0 Å². The summed E-state index contributed by atoms with van der Waals surface area (Å²) in [7, 11) is -3.48. The number of carbonyl (C=O) groups excluding carboxylic acids is 1. The summed E-state index contributed by atoms with van der Waals surface area (Å²) in [4.78, 5) is 19.6. The second-order valence-corrected chi connectivity index (χ2v) is 10.5. The molecule has 1 amide bonds. The number of pyridine rings is 1. The fourth-order valence-corrected chi connectivity index (χ4v) is 5.45. The van der Waals surface area contributed by atoms with Gasteiger partial charge in [0.2, 0.25) is 15.9 Å². The fourth-order valence-electron chi connectivity index (χ4n) is 4.00. The van der Waals surface area contributed by atoms with E-state index in [-0.39, 0.29) is 10.8 Å². The quantitative estimate of drug-likeness (QED) is 0.362. The molecule has 0 bridgehead atoms. The average molecular weight is 494 g/mol. The summed E-state index contributed by atoms with van der Waals surface area (Å²) in [6, 6.07) is 19.1. The van der Waals surface area contributed by atoms with E-state index < -0.39 is 10.0 Å². The lowest BCUT2D eigenvalue weighted by Crippen LogP contribution is -2.30. The smallest absolute Gasteiger partial charge is 0.243 e. The van der Waals surface area contributed by atoms with E-state index in [1.165, 1.54) is 9.87 Å². The second-order valence-electron chi connectivity index (χ2n) is 8.51. The van der Waals surface area contributed by atoms with Crippen LogP contribution in [0.3, 0.4) is 0 Å². The third-order valence-electron chi connectivity index (χ3n) is 6.15. The first-order valence-corrected chi connectivity index (χ1v) is 13.6. The normalized spacial score (nSPS) is 11.5. The molecular weight excluding hydrogens is 458 g/mol. The number of benzene rings is 2. The molecule has 0 aliphatic heterocycles. The van der Waals surface area contributed by atoms with E-state index in [1.807, 2.05) is 30.9 Å². The highest BCUT2D eigenvalue weighted by Gasteiger charge is 2.21. The van der Waals surface area contributed by atoms with E-state index in [0.717, 1.165) is 23.1 Å². The van der Waals surface area contributed by atoms with Crippen LogP contribution in [0.4, 0.5) is 0 Å². The van der Waals surface area contributed by atoms with Crippen molar-refractivity contribution in [2.75, 3.05) is 13.1 Å². The number of aryl methyl sites for hydroxylation is 2. The summed E-state index contributed by atoms with van der Waals surface area (Å²) in [6.07, 6.45) is 5.38. The molecule has 6 nitrogen and oxygen atoms in total. The number of rotatable bonds is 12. The van der Waals surface area contributed by atoms with Gasteiger partial charge >= 0.3 is 0 Å². The van der Waals surface area contributed by atoms with Gasteiger partial charge in [0.05, 0.1) is 4.90 Å². The highest BCUT2D eigenvalue weighted by Crippen LogP contribution is 2.18. The zero-order valence-corrected chi connectivity index (χ0v) is 21.7. The third kappa shape index (κ3) is 7.23. The monoisotopic (exact) mass is 493 g/mol. The lowest BCUT2D eigenvalue weighted by Gasteiger charge is -2.23. The lowest BCUT2D eigenvalue weighted by molar-refractivity contribution is -0.132.